The molecule has 17 heavy (non-hydrogen) atoms. The molecule has 0 aromatic carbocycles. The van der Waals surface area contributed by atoms with Crippen LogP contribution in [0.5, 0.6) is 0 Å². The Morgan fingerprint density at radius 1 is 1.41 bits per heavy atom. The van der Waals surface area contributed by atoms with E-state index in [1.54, 1.807) is 0 Å². The largest absolute Gasteiger partial charge is 0.316 e. The van der Waals surface area contributed by atoms with Crippen LogP contribution in [0.4, 0.5) is 0 Å². The summed E-state index contributed by atoms with van der Waals surface area (Å²) in [6, 6.07) is 2.10. The molecule has 0 bridgehead atoms. The van der Waals surface area contributed by atoms with Gasteiger partial charge < -0.3 is 5.32 Å². The summed E-state index contributed by atoms with van der Waals surface area (Å²) >= 11 is 0. The number of nitrogens with one attached hydrogen (secondary N) is 1. The average Bonchev–Trinajstić information content (AvgIpc) is 2.29. The van der Waals surface area contributed by atoms with E-state index in [-0.39, 0.29) is 0 Å². The molecule has 1 aliphatic heterocycles. The Kier molecular flexibility index (Phi) is 4.11. The van der Waals surface area contributed by atoms with Gasteiger partial charge in [0.1, 0.15) is 5.82 Å². The second-order valence-electron chi connectivity index (χ2n) is 5.42. The van der Waals surface area contributed by atoms with E-state index in [2.05, 4.69) is 42.1 Å². The minimum atomic E-state index is 0.486. The molecule has 0 radical (unpaired) electrons. The van der Waals surface area contributed by atoms with Crippen LogP contribution in [0.3, 0.4) is 0 Å². The number of aryl methyl sites for hydroxylation is 1. The van der Waals surface area contributed by atoms with E-state index in [0.717, 1.165) is 24.5 Å². The summed E-state index contributed by atoms with van der Waals surface area (Å²) in [5, 5.41) is 3.45. The van der Waals surface area contributed by atoms with Crippen molar-refractivity contribution in [1.29, 1.82) is 0 Å². The second kappa shape index (κ2) is 5.58. The van der Waals surface area contributed by atoms with Gasteiger partial charge in [-0.1, -0.05) is 13.8 Å². The Morgan fingerprint density at radius 3 is 2.88 bits per heavy atom. The van der Waals surface area contributed by atoms with Crippen molar-refractivity contribution in [1.82, 2.24) is 15.3 Å². The van der Waals surface area contributed by atoms with Crippen LogP contribution in [0.2, 0.25) is 0 Å². The van der Waals surface area contributed by atoms with E-state index in [9.17, 15) is 0 Å². The molecule has 1 saturated heterocycles. The third-order valence-electron chi connectivity index (χ3n) is 3.38. The van der Waals surface area contributed by atoms with Crippen molar-refractivity contribution in [2.45, 2.75) is 46.0 Å². The molecule has 1 fully saturated rings. The molecule has 1 aliphatic rings. The molecule has 0 amide bonds. The Morgan fingerprint density at radius 2 is 2.24 bits per heavy atom. The minimum Gasteiger partial charge on any atom is -0.316 e. The highest BCUT2D eigenvalue weighted by atomic mass is 14.9. The van der Waals surface area contributed by atoms with Crippen LogP contribution in [0.25, 0.3) is 0 Å². The third kappa shape index (κ3) is 3.50. The van der Waals surface area contributed by atoms with Crippen molar-refractivity contribution in [3.63, 3.8) is 0 Å². The zero-order chi connectivity index (χ0) is 12.3. The molecular weight excluding hydrogens is 210 g/mol. The van der Waals surface area contributed by atoms with Crippen LogP contribution < -0.4 is 5.32 Å². The van der Waals surface area contributed by atoms with Crippen LogP contribution in [0.15, 0.2) is 6.07 Å². The second-order valence-corrected chi connectivity index (χ2v) is 5.42. The molecule has 2 heterocycles. The van der Waals surface area contributed by atoms with E-state index >= 15 is 0 Å². The number of hydrogen-bond donors (Lipinski definition) is 1. The van der Waals surface area contributed by atoms with Gasteiger partial charge in [-0.2, -0.15) is 0 Å². The standard InChI is InChI=1S/C14H23N3/c1-10(2)13-7-11(3)16-14(17-13)8-12-5-4-6-15-9-12/h7,10,12,15H,4-6,8-9H2,1-3H3. The highest BCUT2D eigenvalue weighted by Crippen LogP contribution is 2.17. The highest BCUT2D eigenvalue weighted by Gasteiger charge is 2.15. The first-order valence-electron chi connectivity index (χ1n) is 6.70. The van der Waals surface area contributed by atoms with E-state index in [1.807, 2.05) is 0 Å². The quantitative estimate of drug-likeness (QED) is 0.871. The summed E-state index contributed by atoms with van der Waals surface area (Å²) in [5.41, 5.74) is 2.28. The SMILES string of the molecule is Cc1cc(C(C)C)nc(CC2CCCNC2)n1. The minimum absolute atomic E-state index is 0.486. The van der Waals surface area contributed by atoms with Gasteiger partial charge in [-0.05, 0) is 50.8 Å². The first-order valence-corrected chi connectivity index (χ1v) is 6.70. The number of nitrogens with zero attached hydrogens (tertiary/aromatic N) is 2. The fourth-order valence-corrected chi connectivity index (χ4v) is 2.40. The zero-order valence-electron chi connectivity index (χ0n) is 11.2. The van der Waals surface area contributed by atoms with Gasteiger partial charge in [0, 0.05) is 17.8 Å². The van der Waals surface area contributed by atoms with Gasteiger partial charge >= 0.3 is 0 Å². The Labute approximate surface area is 104 Å². The number of rotatable bonds is 3. The molecule has 1 unspecified atom stereocenters. The van der Waals surface area contributed by atoms with Gasteiger partial charge in [0.25, 0.3) is 0 Å². The monoisotopic (exact) mass is 233 g/mol. The maximum absolute atomic E-state index is 4.69. The maximum atomic E-state index is 4.69. The first-order chi connectivity index (χ1) is 8.15. The van der Waals surface area contributed by atoms with Crippen LogP contribution in [-0.2, 0) is 6.42 Å². The molecule has 1 aromatic heterocycles. The normalized spacial score (nSPS) is 20.8. The van der Waals surface area contributed by atoms with Gasteiger partial charge in [-0.15, -0.1) is 0 Å². The molecule has 0 saturated carbocycles. The maximum Gasteiger partial charge on any atom is 0.129 e. The molecule has 3 nitrogen and oxygen atoms in total. The molecule has 1 N–H and O–H groups in total. The first kappa shape index (κ1) is 12.5. The summed E-state index contributed by atoms with van der Waals surface area (Å²) in [4.78, 5) is 9.26. The van der Waals surface area contributed by atoms with Crippen molar-refractivity contribution in [3.8, 4) is 0 Å². The average molecular weight is 233 g/mol. The topological polar surface area (TPSA) is 37.8 Å². The lowest BCUT2D eigenvalue weighted by Gasteiger charge is -2.22. The van der Waals surface area contributed by atoms with Crippen LogP contribution in [0, 0.1) is 12.8 Å². The summed E-state index contributed by atoms with van der Waals surface area (Å²) in [5.74, 6) is 2.23. The van der Waals surface area contributed by atoms with Crippen molar-refractivity contribution in [2.75, 3.05) is 13.1 Å². The number of hydrogen-bond acceptors (Lipinski definition) is 3. The van der Waals surface area contributed by atoms with Crippen molar-refractivity contribution in [2.24, 2.45) is 5.92 Å². The third-order valence-corrected chi connectivity index (χ3v) is 3.38. The molecule has 1 atom stereocenters. The Hall–Kier alpha value is -0.960. The summed E-state index contributed by atoms with van der Waals surface area (Å²) in [6.45, 7) is 8.73. The van der Waals surface area contributed by atoms with Gasteiger partial charge in [0.2, 0.25) is 0 Å². The lowest BCUT2D eigenvalue weighted by Crippen LogP contribution is -2.31. The van der Waals surface area contributed by atoms with Gasteiger partial charge in [0.05, 0.1) is 0 Å². The molecular formula is C14H23N3. The summed E-state index contributed by atoms with van der Waals surface area (Å²) < 4.78 is 0. The highest BCUT2D eigenvalue weighted by molar-refractivity contribution is 5.13. The molecule has 1 aromatic rings. The fraction of sp³-hybridized carbons (Fsp3) is 0.714. The molecule has 0 aliphatic carbocycles. The van der Waals surface area contributed by atoms with Crippen LogP contribution >= 0.6 is 0 Å². The van der Waals surface area contributed by atoms with E-state index in [0.29, 0.717) is 11.8 Å². The number of aromatic nitrogens is 2. The summed E-state index contributed by atoms with van der Waals surface area (Å²) in [6.07, 6.45) is 3.61. The van der Waals surface area contributed by atoms with Gasteiger partial charge in [-0.25, -0.2) is 9.97 Å². The lowest BCUT2D eigenvalue weighted by atomic mass is 9.95. The van der Waals surface area contributed by atoms with Crippen molar-refractivity contribution < 1.29 is 0 Å². The van der Waals surface area contributed by atoms with Crippen LogP contribution in [0.1, 0.15) is 49.8 Å². The Balaban J connectivity index is 2.09. The van der Waals surface area contributed by atoms with Gasteiger partial charge in [-0.3, -0.25) is 0 Å². The van der Waals surface area contributed by atoms with E-state index in [1.165, 1.54) is 25.1 Å². The fourth-order valence-electron chi connectivity index (χ4n) is 2.40. The van der Waals surface area contributed by atoms with E-state index < -0.39 is 0 Å². The molecule has 94 valence electrons. The predicted molar refractivity (Wildman–Crippen MR) is 70.2 cm³/mol. The lowest BCUT2D eigenvalue weighted by molar-refractivity contribution is 0.370. The van der Waals surface area contributed by atoms with E-state index in [4.69, 9.17) is 0 Å². The molecule has 3 heteroatoms. The smallest absolute Gasteiger partial charge is 0.129 e. The van der Waals surface area contributed by atoms with Crippen LogP contribution in [-0.4, -0.2) is 23.1 Å². The van der Waals surface area contributed by atoms with Crippen molar-refractivity contribution >= 4 is 0 Å². The Bertz CT molecular complexity index is 368. The predicted octanol–water partition coefficient (Wildman–Crippen LogP) is 2.45. The molecule has 0 spiro atoms. The summed E-state index contributed by atoms with van der Waals surface area (Å²) in [7, 11) is 0. The van der Waals surface area contributed by atoms with Gasteiger partial charge in [0.15, 0.2) is 0 Å². The molecule has 2 rings (SSSR count). The number of piperidine rings is 1. The zero-order valence-corrected chi connectivity index (χ0v) is 11.2. The van der Waals surface area contributed by atoms with Crippen molar-refractivity contribution in [3.05, 3.63) is 23.3 Å².